The maximum absolute atomic E-state index is 12.6. The van der Waals surface area contributed by atoms with E-state index in [-0.39, 0.29) is 11.8 Å². The van der Waals surface area contributed by atoms with Crippen molar-refractivity contribution < 1.29 is 19.1 Å². The molecule has 0 aliphatic carbocycles. The predicted octanol–water partition coefficient (Wildman–Crippen LogP) is 3.53. The normalized spacial score (nSPS) is 11.6. The molecule has 26 heavy (non-hydrogen) atoms. The van der Waals surface area contributed by atoms with E-state index in [4.69, 9.17) is 4.74 Å². The lowest BCUT2D eigenvalue weighted by Crippen LogP contribution is -2.37. The molecule has 0 bridgehead atoms. The molecule has 0 radical (unpaired) electrons. The Bertz CT molecular complexity index is 830. The Morgan fingerprint density at radius 3 is 2.35 bits per heavy atom. The van der Waals surface area contributed by atoms with Crippen molar-refractivity contribution in [3.05, 3.63) is 46.3 Å². The van der Waals surface area contributed by atoms with E-state index in [1.54, 1.807) is 26.1 Å². The van der Waals surface area contributed by atoms with E-state index in [0.29, 0.717) is 16.3 Å². The Morgan fingerprint density at radius 1 is 1.15 bits per heavy atom. The number of rotatable bonds is 5. The lowest BCUT2D eigenvalue weighted by molar-refractivity contribution is -0.126. The van der Waals surface area contributed by atoms with Gasteiger partial charge in [0, 0.05) is 24.5 Å². The first-order chi connectivity index (χ1) is 12.2. The van der Waals surface area contributed by atoms with Crippen LogP contribution in [0.5, 0.6) is 0 Å². The third-order valence-corrected chi connectivity index (χ3v) is 5.11. The molecular formula is C19H22N2O4S. The fourth-order valence-electron chi connectivity index (χ4n) is 2.44. The third-order valence-electron chi connectivity index (χ3n) is 3.98. The summed E-state index contributed by atoms with van der Waals surface area (Å²) in [7, 11) is 1.63. The molecule has 0 saturated heterocycles. The van der Waals surface area contributed by atoms with Crippen molar-refractivity contribution in [2.75, 3.05) is 17.3 Å². The molecule has 1 N–H and O–H groups in total. The molecule has 138 valence electrons. The van der Waals surface area contributed by atoms with Gasteiger partial charge in [0.1, 0.15) is 5.00 Å². The number of anilines is 2. The number of nitrogens with zero attached hydrogens (tertiary/aromatic N) is 1. The van der Waals surface area contributed by atoms with Crippen molar-refractivity contribution in [3.63, 3.8) is 0 Å². The van der Waals surface area contributed by atoms with Gasteiger partial charge in [-0.1, -0.05) is 18.2 Å². The zero-order valence-electron chi connectivity index (χ0n) is 15.5. The topological polar surface area (TPSA) is 75.7 Å². The minimum atomic E-state index is -0.961. The van der Waals surface area contributed by atoms with Crippen molar-refractivity contribution in [1.29, 1.82) is 0 Å². The van der Waals surface area contributed by atoms with Gasteiger partial charge in [-0.05, 0) is 38.5 Å². The zero-order valence-corrected chi connectivity index (χ0v) is 16.3. The molecule has 0 aliphatic heterocycles. The van der Waals surface area contributed by atoms with Gasteiger partial charge < -0.3 is 15.0 Å². The summed E-state index contributed by atoms with van der Waals surface area (Å²) in [5.74, 6) is -1.23. The largest absolute Gasteiger partial charge is 0.449 e. The highest BCUT2D eigenvalue weighted by Crippen LogP contribution is 2.33. The number of nitrogens with one attached hydrogen (secondary N) is 1. The highest BCUT2D eigenvalue weighted by Gasteiger charge is 2.27. The van der Waals surface area contributed by atoms with Gasteiger partial charge in [0.25, 0.3) is 5.91 Å². The molecule has 0 aliphatic rings. The van der Waals surface area contributed by atoms with Gasteiger partial charge >= 0.3 is 5.97 Å². The molecule has 2 aromatic rings. The second-order valence-electron chi connectivity index (χ2n) is 5.95. The molecule has 2 rings (SSSR count). The highest BCUT2D eigenvalue weighted by molar-refractivity contribution is 7.16. The van der Waals surface area contributed by atoms with Crippen LogP contribution in [-0.2, 0) is 14.3 Å². The number of carbonyl (C=O) groups excluding carboxylic acids is 3. The van der Waals surface area contributed by atoms with Crippen LogP contribution in [0.1, 0.15) is 34.6 Å². The summed E-state index contributed by atoms with van der Waals surface area (Å²) in [5.41, 5.74) is 1.74. The van der Waals surface area contributed by atoms with Gasteiger partial charge in [-0.15, -0.1) is 11.3 Å². The summed E-state index contributed by atoms with van der Waals surface area (Å²) < 4.78 is 5.38. The molecule has 1 aromatic carbocycles. The highest BCUT2D eigenvalue weighted by atomic mass is 32.1. The second kappa shape index (κ2) is 8.14. The van der Waals surface area contributed by atoms with E-state index >= 15 is 0 Å². The second-order valence-corrected chi connectivity index (χ2v) is 7.17. The first-order valence-electron chi connectivity index (χ1n) is 8.13. The van der Waals surface area contributed by atoms with E-state index in [1.807, 2.05) is 25.1 Å². The minimum Gasteiger partial charge on any atom is -0.449 e. The molecule has 1 aromatic heterocycles. The number of hydrogen-bond donors (Lipinski definition) is 1. The Labute approximate surface area is 156 Å². The van der Waals surface area contributed by atoms with Crippen LogP contribution in [0.25, 0.3) is 0 Å². The van der Waals surface area contributed by atoms with Gasteiger partial charge in [0.15, 0.2) is 6.10 Å². The number of hydrogen-bond acceptors (Lipinski definition) is 5. The van der Waals surface area contributed by atoms with Crippen LogP contribution in [0.3, 0.4) is 0 Å². The molecule has 0 spiro atoms. The third kappa shape index (κ3) is 4.29. The lowest BCUT2D eigenvalue weighted by atomic mass is 10.1. The molecule has 1 unspecified atom stereocenters. The summed E-state index contributed by atoms with van der Waals surface area (Å²) in [6, 6.07) is 9.11. The molecule has 7 heteroatoms. The van der Waals surface area contributed by atoms with Crippen LogP contribution in [-0.4, -0.2) is 30.9 Å². The number of carbonyl (C=O) groups is 3. The van der Waals surface area contributed by atoms with E-state index in [0.717, 1.165) is 10.4 Å². The van der Waals surface area contributed by atoms with Crippen molar-refractivity contribution in [3.8, 4) is 0 Å². The average Bonchev–Trinajstić information content (AvgIpc) is 2.87. The van der Waals surface area contributed by atoms with Gasteiger partial charge in [0.2, 0.25) is 5.91 Å². The predicted molar refractivity (Wildman–Crippen MR) is 103 cm³/mol. The fourth-order valence-corrected chi connectivity index (χ4v) is 3.54. The van der Waals surface area contributed by atoms with Gasteiger partial charge in [-0.25, -0.2) is 4.79 Å². The maximum Gasteiger partial charge on any atom is 0.342 e. The first-order valence-corrected chi connectivity index (χ1v) is 8.95. The number of para-hydroxylation sites is 1. The number of esters is 1. The van der Waals surface area contributed by atoms with Gasteiger partial charge in [0.05, 0.1) is 5.56 Å². The number of amides is 2. The van der Waals surface area contributed by atoms with Crippen molar-refractivity contribution in [2.24, 2.45) is 0 Å². The maximum atomic E-state index is 12.6. The average molecular weight is 374 g/mol. The van der Waals surface area contributed by atoms with E-state index in [2.05, 4.69) is 5.32 Å². The molecule has 1 heterocycles. The molecule has 2 amide bonds. The van der Waals surface area contributed by atoms with Crippen molar-refractivity contribution in [2.45, 2.75) is 33.8 Å². The molecular weight excluding hydrogens is 352 g/mol. The number of thiophene rings is 1. The van der Waals surface area contributed by atoms with Crippen LogP contribution in [0.4, 0.5) is 10.7 Å². The van der Waals surface area contributed by atoms with E-state index in [9.17, 15) is 14.4 Å². The van der Waals surface area contributed by atoms with Crippen LogP contribution in [0, 0.1) is 13.8 Å². The molecule has 0 saturated carbocycles. The quantitative estimate of drug-likeness (QED) is 0.813. The summed E-state index contributed by atoms with van der Waals surface area (Å²) in [5, 5.41) is 3.09. The summed E-state index contributed by atoms with van der Waals surface area (Å²) in [4.78, 5) is 38.9. The fraction of sp³-hybridized carbons (Fsp3) is 0.316. The molecule has 1 atom stereocenters. The smallest absolute Gasteiger partial charge is 0.342 e. The standard InChI is InChI=1S/C19H22N2O4S/c1-11-13(3)26-17(20-14(4)22)16(11)19(24)25-12(2)18(23)21(5)15-9-7-6-8-10-15/h6-10,12H,1-5H3,(H,20,22). The summed E-state index contributed by atoms with van der Waals surface area (Å²) >= 11 is 1.31. The van der Waals surface area contributed by atoms with E-state index in [1.165, 1.54) is 30.1 Å². The van der Waals surface area contributed by atoms with Crippen LogP contribution < -0.4 is 10.2 Å². The van der Waals surface area contributed by atoms with Crippen LogP contribution in [0.2, 0.25) is 0 Å². The number of aryl methyl sites for hydroxylation is 1. The Kier molecular flexibility index (Phi) is 6.15. The monoisotopic (exact) mass is 374 g/mol. The van der Waals surface area contributed by atoms with E-state index < -0.39 is 12.1 Å². The SMILES string of the molecule is CC(=O)Nc1sc(C)c(C)c1C(=O)OC(C)C(=O)N(C)c1ccccc1. The van der Waals surface area contributed by atoms with Crippen molar-refractivity contribution in [1.82, 2.24) is 0 Å². The molecule has 6 nitrogen and oxygen atoms in total. The number of likely N-dealkylation sites (N-methyl/N-ethyl adjacent to an activating group) is 1. The molecule has 0 fully saturated rings. The van der Waals surface area contributed by atoms with Crippen LogP contribution >= 0.6 is 11.3 Å². The Morgan fingerprint density at radius 2 is 1.77 bits per heavy atom. The number of ether oxygens (including phenoxy) is 1. The summed E-state index contributed by atoms with van der Waals surface area (Å²) in [6.45, 7) is 6.56. The van der Waals surface area contributed by atoms with Gasteiger partial charge in [-0.3, -0.25) is 9.59 Å². The van der Waals surface area contributed by atoms with Gasteiger partial charge in [-0.2, -0.15) is 0 Å². The number of benzene rings is 1. The lowest BCUT2D eigenvalue weighted by Gasteiger charge is -2.21. The van der Waals surface area contributed by atoms with Crippen LogP contribution in [0.15, 0.2) is 30.3 Å². The first kappa shape index (κ1) is 19.7. The Hall–Kier alpha value is -2.67. The Balaban J connectivity index is 2.17. The zero-order chi connectivity index (χ0) is 19.4. The summed E-state index contributed by atoms with van der Waals surface area (Å²) in [6.07, 6.45) is -0.961. The minimum absolute atomic E-state index is 0.270. The van der Waals surface area contributed by atoms with Crippen molar-refractivity contribution >= 4 is 39.8 Å².